The molecule has 1 aliphatic rings. The maximum atomic E-state index is 9.70. The van der Waals surface area contributed by atoms with Crippen molar-refractivity contribution >= 4 is 5.82 Å². The van der Waals surface area contributed by atoms with Crippen molar-refractivity contribution < 1.29 is 5.11 Å². The zero-order valence-electron chi connectivity index (χ0n) is 12.1. The van der Waals surface area contributed by atoms with Gasteiger partial charge in [0.25, 0.3) is 0 Å². The van der Waals surface area contributed by atoms with Crippen LogP contribution in [0.1, 0.15) is 24.7 Å². The van der Waals surface area contributed by atoms with Gasteiger partial charge in [-0.3, -0.25) is 9.88 Å². The van der Waals surface area contributed by atoms with Gasteiger partial charge >= 0.3 is 0 Å². The quantitative estimate of drug-likeness (QED) is 0.879. The van der Waals surface area contributed by atoms with Gasteiger partial charge in [0.2, 0.25) is 0 Å². The van der Waals surface area contributed by atoms with E-state index in [0.29, 0.717) is 0 Å². The second-order valence-corrected chi connectivity index (χ2v) is 5.27. The molecule has 0 bridgehead atoms. The van der Waals surface area contributed by atoms with E-state index < -0.39 is 0 Å². The fourth-order valence-electron chi connectivity index (χ4n) is 2.39. The van der Waals surface area contributed by atoms with Crippen LogP contribution < -0.4 is 4.90 Å². The standard InChI is InChI=1S/C14H24N4O/c1-4-13(19)10-17-5-7-18(8-6-17)14-12(3)15-9-11(2)16-14/h9,13,19H,4-8,10H2,1-3H3. The average molecular weight is 264 g/mol. The number of aromatic nitrogens is 2. The van der Waals surface area contributed by atoms with Crippen molar-refractivity contribution in [2.24, 2.45) is 0 Å². The average Bonchev–Trinajstić information content (AvgIpc) is 2.42. The maximum Gasteiger partial charge on any atom is 0.150 e. The van der Waals surface area contributed by atoms with Gasteiger partial charge in [0.1, 0.15) is 5.82 Å². The van der Waals surface area contributed by atoms with E-state index in [1.54, 1.807) is 0 Å². The van der Waals surface area contributed by atoms with Gasteiger partial charge in [-0.25, -0.2) is 4.98 Å². The number of hydrogen-bond acceptors (Lipinski definition) is 5. The summed E-state index contributed by atoms with van der Waals surface area (Å²) >= 11 is 0. The summed E-state index contributed by atoms with van der Waals surface area (Å²) in [5.74, 6) is 1.01. The van der Waals surface area contributed by atoms with E-state index in [1.165, 1.54) is 0 Å². The molecule has 0 saturated carbocycles. The summed E-state index contributed by atoms with van der Waals surface area (Å²) in [7, 11) is 0. The molecule has 1 N–H and O–H groups in total. The van der Waals surface area contributed by atoms with Crippen molar-refractivity contribution in [1.29, 1.82) is 0 Å². The summed E-state index contributed by atoms with van der Waals surface area (Å²) in [6, 6.07) is 0. The Labute approximate surface area is 115 Å². The molecule has 0 spiro atoms. The molecule has 2 heterocycles. The molecule has 19 heavy (non-hydrogen) atoms. The second kappa shape index (κ2) is 6.30. The number of aliphatic hydroxyl groups excluding tert-OH is 1. The summed E-state index contributed by atoms with van der Waals surface area (Å²) in [5.41, 5.74) is 1.96. The summed E-state index contributed by atoms with van der Waals surface area (Å²) in [6.07, 6.45) is 2.43. The number of piperazine rings is 1. The number of aryl methyl sites for hydroxylation is 2. The first kappa shape index (κ1) is 14.2. The highest BCUT2D eigenvalue weighted by molar-refractivity contribution is 5.43. The van der Waals surface area contributed by atoms with Crippen LogP contribution in [-0.4, -0.2) is 58.8 Å². The Morgan fingerprint density at radius 1 is 1.26 bits per heavy atom. The summed E-state index contributed by atoms with van der Waals surface area (Å²) in [5, 5.41) is 9.70. The third kappa shape index (κ3) is 3.64. The SMILES string of the molecule is CCC(O)CN1CCN(c2nc(C)cnc2C)CC1. The minimum absolute atomic E-state index is 0.202. The largest absolute Gasteiger partial charge is 0.392 e. The van der Waals surface area contributed by atoms with E-state index in [1.807, 2.05) is 27.0 Å². The zero-order chi connectivity index (χ0) is 13.8. The van der Waals surface area contributed by atoms with Gasteiger partial charge in [-0.05, 0) is 20.3 Å². The van der Waals surface area contributed by atoms with Gasteiger partial charge in [0, 0.05) is 38.9 Å². The third-order valence-corrected chi connectivity index (χ3v) is 3.66. The Morgan fingerprint density at radius 2 is 1.95 bits per heavy atom. The van der Waals surface area contributed by atoms with Crippen LogP contribution in [0.15, 0.2) is 6.20 Å². The van der Waals surface area contributed by atoms with Crippen molar-refractivity contribution in [2.75, 3.05) is 37.6 Å². The van der Waals surface area contributed by atoms with Crippen LogP contribution >= 0.6 is 0 Å². The van der Waals surface area contributed by atoms with Crippen molar-refractivity contribution in [3.05, 3.63) is 17.6 Å². The normalized spacial score (nSPS) is 18.6. The van der Waals surface area contributed by atoms with E-state index in [-0.39, 0.29) is 6.10 Å². The maximum absolute atomic E-state index is 9.70. The topological polar surface area (TPSA) is 52.5 Å². The second-order valence-electron chi connectivity index (χ2n) is 5.27. The minimum Gasteiger partial charge on any atom is -0.392 e. The van der Waals surface area contributed by atoms with Crippen molar-refractivity contribution in [2.45, 2.75) is 33.3 Å². The molecule has 0 amide bonds. The first-order valence-electron chi connectivity index (χ1n) is 7.05. The van der Waals surface area contributed by atoms with Gasteiger partial charge in [-0.15, -0.1) is 0 Å². The Balaban J connectivity index is 1.94. The Bertz CT molecular complexity index is 416. The fraction of sp³-hybridized carbons (Fsp3) is 0.714. The zero-order valence-corrected chi connectivity index (χ0v) is 12.1. The predicted octanol–water partition coefficient (Wildman–Crippen LogP) is 0.986. The molecule has 106 valence electrons. The van der Waals surface area contributed by atoms with Gasteiger partial charge in [-0.1, -0.05) is 6.92 Å². The van der Waals surface area contributed by atoms with Crippen molar-refractivity contribution in [3.8, 4) is 0 Å². The van der Waals surface area contributed by atoms with Crippen molar-refractivity contribution in [1.82, 2.24) is 14.9 Å². The highest BCUT2D eigenvalue weighted by Gasteiger charge is 2.21. The molecule has 0 radical (unpaired) electrons. The van der Waals surface area contributed by atoms with E-state index in [0.717, 1.165) is 56.4 Å². The highest BCUT2D eigenvalue weighted by Crippen LogP contribution is 2.17. The number of β-amino-alcohol motifs (C(OH)–C–C–N with tert-alkyl or cyclic N) is 1. The lowest BCUT2D eigenvalue weighted by atomic mass is 10.2. The number of hydrogen-bond donors (Lipinski definition) is 1. The number of rotatable bonds is 4. The summed E-state index contributed by atoms with van der Waals surface area (Å²) in [6.45, 7) is 10.7. The van der Waals surface area contributed by atoms with Crippen LogP contribution in [0.2, 0.25) is 0 Å². The van der Waals surface area contributed by atoms with Gasteiger partial charge in [0.15, 0.2) is 0 Å². The first-order chi connectivity index (χ1) is 9.10. The lowest BCUT2D eigenvalue weighted by molar-refractivity contribution is 0.106. The van der Waals surface area contributed by atoms with Gasteiger partial charge in [-0.2, -0.15) is 0 Å². The highest BCUT2D eigenvalue weighted by atomic mass is 16.3. The van der Waals surface area contributed by atoms with Crippen LogP contribution in [0.4, 0.5) is 5.82 Å². The molecule has 1 aromatic rings. The molecule has 1 fully saturated rings. The van der Waals surface area contributed by atoms with Crippen LogP contribution in [0.5, 0.6) is 0 Å². The van der Waals surface area contributed by atoms with E-state index in [9.17, 15) is 5.11 Å². The Morgan fingerprint density at radius 3 is 2.58 bits per heavy atom. The van der Waals surface area contributed by atoms with Crippen LogP contribution in [0.25, 0.3) is 0 Å². The number of anilines is 1. The summed E-state index contributed by atoms with van der Waals surface area (Å²) in [4.78, 5) is 13.6. The molecule has 5 nitrogen and oxygen atoms in total. The molecular weight excluding hydrogens is 240 g/mol. The van der Waals surface area contributed by atoms with Gasteiger partial charge in [0.05, 0.1) is 17.5 Å². The van der Waals surface area contributed by atoms with Gasteiger partial charge < -0.3 is 10.0 Å². The first-order valence-corrected chi connectivity index (χ1v) is 7.05. The Kier molecular flexibility index (Phi) is 4.71. The molecule has 2 rings (SSSR count). The fourth-order valence-corrected chi connectivity index (χ4v) is 2.39. The van der Waals surface area contributed by atoms with E-state index in [2.05, 4.69) is 19.8 Å². The predicted molar refractivity (Wildman–Crippen MR) is 76.5 cm³/mol. The molecule has 0 aliphatic carbocycles. The van der Waals surface area contributed by atoms with Crippen LogP contribution in [0.3, 0.4) is 0 Å². The molecular formula is C14H24N4O. The van der Waals surface area contributed by atoms with Crippen LogP contribution in [-0.2, 0) is 0 Å². The molecule has 5 heteroatoms. The Hall–Kier alpha value is -1.20. The smallest absolute Gasteiger partial charge is 0.150 e. The van der Waals surface area contributed by atoms with E-state index >= 15 is 0 Å². The van der Waals surface area contributed by atoms with E-state index in [4.69, 9.17) is 0 Å². The molecule has 1 saturated heterocycles. The lowest BCUT2D eigenvalue weighted by Gasteiger charge is -2.36. The minimum atomic E-state index is -0.202. The molecule has 1 atom stereocenters. The third-order valence-electron chi connectivity index (χ3n) is 3.66. The molecule has 1 aliphatic heterocycles. The number of aliphatic hydroxyl groups is 1. The van der Waals surface area contributed by atoms with Crippen molar-refractivity contribution in [3.63, 3.8) is 0 Å². The summed E-state index contributed by atoms with van der Waals surface area (Å²) < 4.78 is 0. The lowest BCUT2D eigenvalue weighted by Crippen LogP contribution is -2.49. The molecule has 1 unspecified atom stereocenters. The number of nitrogens with zero attached hydrogens (tertiary/aromatic N) is 4. The van der Waals surface area contributed by atoms with Crippen LogP contribution in [0, 0.1) is 13.8 Å². The monoisotopic (exact) mass is 264 g/mol. The molecule has 1 aromatic heterocycles. The molecule has 0 aromatic carbocycles.